The van der Waals surface area contributed by atoms with Crippen LogP contribution in [0.25, 0.3) is 0 Å². The number of halogens is 1. The second-order valence-corrected chi connectivity index (χ2v) is 9.82. The molecule has 0 fully saturated rings. The van der Waals surface area contributed by atoms with Gasteiger partial charge in [0.05, 0.1) is 0 Å². The molecular formula is C11H13ClSi. The van der Waals surface area contributed by atoms with Gasteiger partial charge in [0, 0.05) is 11.1 Å². The fraction of sp³-hybridized carbons (Fsp3) is 0.273. The van der Waals surface area contributed by atoms with E-state index < -0.39 is 7.38 Å². The van der Waals surface area contributed by atoms with Crippen LogP contribution in [0.1, 0.15) is 0 Å². The predicted octanol–water partition coefficient (Wildman–Crippen LogP) is 3.79. The van der Waals surface area contributed by atoms with Crippen LogP contribution in [0.5, 0.6) is 0 Å². The van der Waals surface area contributed by atoms with E-state index in [2.05, 4.69) is 55.2 Å². The van der Waals surface area contributed by atoms with E-state index in [1.54, 1.807) is 0 Å². The minimum Gasteiger partial charge on any atom is -0.165 e. The van der Waals surface area contributed by atoms with Gasteiger partial charge in [0.25, 0.3) is 0 Å². The summed E-state index contributed by atoms with van der Waals surface area (Å²) in [7, 11) is -1.71. The second kappa shape index (κ2) is 3.32. The Labute approximate surface area is 85.0 Å². The van der Waals surface area contributed by atoms with E-state index in [1.165, 1.54) is 0 Å². The van der Waals surface area contributed by atoms with E-state index in [0.717, 1.165) is 0 Å². The van der Waals surface area contributed by atoms with Gasteiger partial charge in [-0.25, -0.2) is 0 Å². The molecule has 0 amide bonds. The summed E-state index contributed by atoms with van der Waals surface area (Å²) in [5, 5.41) is 0. The van der Waals surface area contributed by atoms with Crippen molar-refractivity contribution in [2.24, 2.45) is 0 Å². The number of rotatable bonds is 2. The SMILES string of the molecule is C[Si](Cl)(C1C=CC=C1)C1C=CC=C1. The van der Waals surface area contributed by atoms with Crippen molar-refractivity contribution in [1.82, 2.24) is 0 Å². The first-order chi connectivity index (χ1) is 6.21. The molecule has 2 rings (SSSR count). The van der Waals surface area contributed by atoms with Crippen LogP contribution in [0, 0.1) is 0 Å². The average Bonchev–Trinajstić information content (AvgIpc) is 2.78. The molecule has 0 saturated carbocycles. The summed E-state index contributed by atoms with van der Waals surface area (Å²) in [5.41, 5.74) is 0.984. The first kappa shape index (κ1) is 9.04. The number of hydrogen-bond acceptors (Lipinski definition) is 0. The van der Waals surface area contributed by atoms with Gasteiger partial charge >= 0.3 is 0 Å². The molecule has 2 heteroatoms. The highest BCUT2D eigenvalue weighted by Gasteiger charge is 2.39. The quantitative estimate of drug-likeness (QED) is 0.479. The van der Waals surface area contributed by atoms with E-state index in [0.29, 0.717) is 11.1 Å². The summed E-state index contributed by atoms with van der Waals surface area (Å²) in [4.78, 5) is 0. The van der Waals surface area contributed by atoms with Crippen LogP contribution < -0.4 is 0 Å². The fourth-order valence-corrected chi connectivity index (χ4v) is 5.11. The van der Waals surface area contributed by atoms with E-state index in [9.17, 15) is 0 Å². The van der Waals surface area contributed by atoms with Gasteiger partial charge in [-0.15, -0.1) is 0 Å². The fourth-order valence-electron chi connectivity index (χ4n) is 1.84. The highest BCUT2D eigenvalue weighted by atomic mass is 35.6. The van der Waals surface area contributed by atoms with E-state index in [1.807, 2.05) is 0 Å². The average molecular weight is 209 g/mol. The summed E-state index contributed by atoms with van der Waals surface area (Å²) in [5.74, 6) is 0. The van der Waals surface area contributed by atoms with Crippen molar-refractivity contribution in [3.8, 4) is 0 Å². The normalized spacial score (nSPS) is 22.3. The van der Waals surface area contributed by atoms with Gasteiger partial charge < -0.3 is 0 Å². The molecule has 0 aromatic heterocycles. The first-order valence-electron chi connectivity index (χ1n) is 4.60. The molecule has 0 bridgehead atoms. The summed E-state index contributed by atoms with van der Waals surface area (Å²) in [6.45, 7) is 2.24. The Bertz CT molecular complexity index is 256. The second-order valence-electron chi connectivity index (χ2n) is 3.74. The molecule has 0 radical (unpaired) electrons. The molecule has 0 N–H and O–H groups in total. The smallest absolute Gasteiger partial charge is 0.165 e. The van der Waals surface area contributed by atoms with Crippen LogP contribution in [-0.4, -0.2) is 7.38 Å². The number of hydrogen-bond donors (Lipinski definition) is 0. The van der Waals surface area contributed by atoms with Crippen molar-refractivity contribution in [3.05, 3.63) is 48.6 Å². The van der Waals surface area contributed by atoms with Crippen molar-refractivity contribution in [1.29, 1.82) is 0 Å². The Morgan fingerprint density at radius 1 is 0.846 bits per heavy atom. The Morgan fingerprint density at radius 3 is 1.46 bits per heavy atom. The summed E-state index contributed by atoms with van der Waals surface area (Å²) in [6, 6.07) is 0. The summed E-state index contributed by atoms with van der Waals surface area (Å²) >= 11 is 6.68. The van der Waals surface area contributed by atoms with Crippen molar-refractivity contribution < 1.29 is 0 Å². The molecule has 0 nitrogen and oxygen atoms in total. The van der Waals surface area contributed by atoms with Crippen molar-refractivity contribution in [2.75, 3.05) is 0 Å². The Kier molecular flexibility index (Phi) is 2.30. The maximum Gasteiger partial charge on any atom is 0.174 e. The molecule has 68 valence electrons. The zero-order valence-electron chi connectivity index (χ0n) is 7.65. The maximum absolute atomic E-state index is 6.68. The molecule has 0 unspecified atom stereocenters. The Morgan fingerprint density at radius 2 is 1.15 bits per heavy atom. The molecule has 0 aromatic carbocycles. The minimum absolute atomic E-state index is 0.492. The lowest BCUT2D eigenvalue weighted by atomic mass is 10.4. The maximum atomic E-state index is 6.68. The molecule has 2 aliphatic carbocycles. The first-order valence-corrected chi connectivity index (χ1v) is 8.27. The monoisotopic (exact) mass is 208 g/mol. The molecule has 0 aliphatic heterocycles. The zero-order chi connectivity index (χ0) is 9.31. The molecule has 13 heavy (non-hydrogen) atoms. The van der Waals surface area contributed by atoms with E-state index in [-0.39, 0.29) is 0 Å². The lowest BCUT2D eigenvalue weighted by Gasteiger charge is -2.28. The van der Waals surface area contributed by atoms with Crippen LogP contribution >= 0.6 is 11.1 Å². The van der Waals surface area contributed by atoms with Gasteiger partial charge in [-0.05, 0) is 0 Å². The van der Waals surface area contributed by atoms with Gasteiger partial charge in [0.2, 0.25) is 0 Å². The van der Waals surface area contributed by atoms with Gasteiger partial charge in [-0.2, -0.15) is 11.1 Å². The molecule has 2 aliphatic rings. The molecule has 0 heterocycles. The Hall–Kier alpha value is -0.533. The van der Waals surface area contributed by atoms with Crippen LogP contribution in [0.3, 0.4) is 0 Å². The van der Waals surface area contributed by atoms with Crippen molar-refractivity contribution in [3.63, 3.8) is 0 Å². The van der Waals surface area contributed by atoms with Gasteiger partial charge in [0.15, 0.2) is 7.38 Å². The van der Waals surface area contributed by atoms with Crippen LogP contribution in [0.15, 0.2) is 48.6 Å². The van der Waals surface area contributed by atoms with Gasteiger partial charge in [-0.1, -0.05) is 55.2 Å². The molecule has 0 aromatic rings. The highest BCUT2D eigenvalue weighted by molar-refractivity contribution is 7.22. The van der Waals surface area contributed by atoms with Gasteiger partial charge in [0.1, 0.15) is 0 Å². The molecular weight excluding hydrogens is 196 g/mol. The molecule has 0 saturated heterocycles. The Balaban J connectivity index is 2.19. The third kappa shape index (κ3) is 1.58. The molecule has 0 atom stereocenters. The zero-order valence-corrected chi connectivity index (χ0v) is 9.41. The standard InChI is InChI=1S/C11H13ClSi/c1-13(12,10-6-2-3-7-10)11-8-4-5-9-11/h2-11H,1H3. The third-order valence-corrected chi connectivity index (χ3v) is 7.69. The highest BCUT2D eigenvalue weighted by Crippen LogP contribution is 2.43. The van der Waals surface area contributed by atoms with Crippen LogP contribution in [-0.2, 0) is 0 Å². The van der Waals surface area contributed by atoms with E-state index in [4.69, 9.17) is 11.1 Å². The van der Waals surface area contributed by atoms with Crippen molar-refractivity contribution in [2.45, 2.75) is 17.6 Å². The van der Waals surface area contributed by atoms with Gasteiger partial charge in [-0.3, -0.25) is 0 Å². The van der Waals surface area contributed by atoms with Crippen molar-refractivity contribution >= 4 is 18.5 Å². The lowest BCUT2D eigenvalue weighted by molar-refractivity contribution is 1.21. The topological polar surface area (TPSA) is 0 Å². The minimum atomic E-state index is -1.71. The van der Waals surface area contributed by atoms with Crippen LogP contribution in [0.2, 0.25) is 17.6 Å². The predicted molar refractivity (Wildman–Crippen MR) is 61.5 cm³/mol. The van der Waals surface area contributed by atoms with Crippen LogP contribution in [0.4, 0.5) is 0 Å². The summed E-state index contributed by atoms with van der Waals surface area (Å²) in [6.07, 6.45) is 17.3. The van der Waals surface area contributed by atoms with E-state index >= 15 is 0 Å². The number of allylic oxidation sites excluding steroid dienone is 8. The summed E-state index contributed by atoms with van der Waals surface area (Å²) < 4.78 is 0. The lowest BCUT2D eigenvalue weighted by Crippen LogP contribution is -2.31. The third-order valence-electron chi connectivity index (χ3n) is 2.80. The largest absolute Gasteiger partial charge is 0.174 e. The molecule has 0 spiro atoms.